The summed E-state index contributed by atoms with van der Waals surface area (Å²) in [5, 5.41) is 1.30. The van der Waals surface area contributed by atoms with Crippen LogP contribution in [-0.2, 0) is 0 Å². The van der Waals surface area contributed by atoms with E-state index in [1.54, 1.807) is 6.07 Å². The van der Waals surface area contributed by atoms with Crippen LogP contribution in [0.1, 0.15) is 0 Å². The van der Waals surface area contributed by atoms with E-state index in [1.165, 1.54) is 6.07 Å². The molecule has 17 heavy (non-hydrogen) atoms. The van der Waals surface area contributed by atoms with Crippen molar-refractivity contribution < 1.29 is 4.39 Å². The smallest absolute Gasteiger partial charge is 0.132 e. The average molecular weight is 246 g/mol. The van der Waals surface area contributed by atoms with Gasteiger partial charge >= 0.3 is 0 Å². The molecule has 84 valence electrons. The Hall–Kier alpha value is -1.80. The minimum absolute atomic E-state index is 0.209. The number of fused-ring (bicyclic) bond motifs is 1. The predicted molar refractivity (Wildman–Crippen MR) is 68.7 cm³/mol. The van der Waals surface area contributed by atoms with Crippen molar-refractivity contribution in [2.75, 3.05) is 0 Å². The summed E-state index contributed by atoms with van der Waals surface area (Å²) in [7, 11) is 0. The van der Waals surface area contributed by atoms with Crippen molar-refractivity contribution in [1.29, 1.82) is 0 Å². The number of nitrogens with one attached hydrogen (secondary N) is 1. The van der Waals surface area contributed by atoms with Gasteiger partial charge in [-0.15, -0.1) is 0 Å². The van der Waals surface area contributed by atoms with Crippen LogP contribution in [0.4, 0.5) is 4.39 Å². The first-order valence-corrected chi connectivity index (χ1v) is 5.65. The number of rotatable bonds is 1. The fourth-order valence-corrected chi connectivity index (χ4v) is 2.03. The highest BCUT2D eigenvalue weighted by atomic mass is 35.5. The first-order valence-electron chi connectivity index (χ1n) is 5.27. The Balaban J connectivity index is 2.18. The molecule has 3 heteroatoms. The molecule has 3 rings (SSSR count). The van der Waals surface area contributed by atoms with Gasteiger partial charge in [-0.05, 0) is 35.9 Å². The van der Waals surface area contributed by atoms with E-state index in [1.807, 2.05) is 36.4 Å². The molecular weight excluding hydrogens is 237 g/mol. The van der Waals surface area contributed by atoms with Gasteiger partial charge in [0.15, 0.2) is 0 Å². The molecule has 0 aliphatic carbocycles. The Bertz CT molecular complexity index is 670. The van der Waals surface area contributed by atoms with E-state index >= 15 is 0 Å². The van der Waals surface area contributed by atoms with Gasteiger partial charge in [0.05, 0.1) is 0 Å². The minimum Gasteiger partial charge on any atom is -0.354 e. The van der Waals surface area contributed by atoms with Gasteiger partial charge < -0.3 is 4.98 Å². The van der Waals surface area contributed by atoms with E-state index in [-0.39, 0.29) is 5.82 Å². The lowest BCUT2D eigenvalue weighted by atomic mass is 10.1. The maximum atomic E-state index is 13.5. The molecule has 0 aliphatic rings. The van der Waals surface area contributed by atoms with Crippen LogP contribution < -0.4 is 0 Å². The molecule has 0 unspecified atom stereocenters. The van der Waals surface area contributed by atoms with Crippen LogP contribution in [-0.4, -0.2) is 4.98 Å². The molecule has 1 N–H and O–H groups in total. The number of halogens is 2. The summed E-state index contributed by atoms with van der Waals surface area (Å²) < 4.78 is 13.5. The highest BCUT2D eigenvalue weighted by Gasteiger charge is 2.06. The molecule has 1 heterocycles. The molecule has 0 fully saturated rings. The van der Waals surface area contributed by atoms with Crippen molar-refractivity contribution in [3.8, 4) is 11.3 Å². The standard InChI is InChI=1S/C14H9ClFN/c15-10-6-4-9(5-7-10)14-8-11-12(16)2-1-3-13(11)17-14/h1-8,17H. The Labute approximate surface area is 103 Å². The normalized spacial score (nSPS) is 10.9. The lowest BCUT2D eigenvalue weighted by molar-refractivity contribution is 0.640. The van der Waals surface area contributed by atoms with Crippen molar-refractivity contribution >= 4 is 22.5 Å². The van der Waals surface area contributed by atoms with E-state index in [9.17, 15) is 4.39 Å². The summed E-state index contributed by atoms with van der Waals surface area (Å²) in [4.78, 5) is 3.19. The number of hydrogen-bond donors (Lipinski definition) is 1. The Morgan fingerprint density at radius 2 is 1.76 bits per heavy atom. The highest BCUT2D eigenvalue weighted by Crippen LogP contribution is 2.26. The fourth-order valence-electron chi connectivity index (χ4n) is 1.90. The maximum Gasteiger partial charge on any atom is 0.132 e. The lowest BCUT2D eigenvalue weighted by Gasteiger charge is -1.96. The van der Waals surface area contributed by atoms with E-state index in [0.29, 0.717) is 10.4 Å². The van der Waals surface area contributed by atoms with Crippen molar-refractivity contribution in [1.82, 2.24) is 4.98 Å². The third-order valence-electron chi connectivity index (χ3n) is 2.77. The van der Waals surface area contributed by atoms with Gasteiger partial charge in [0.25, 0.3) is 0 Å². The monoisotopic (exact) mass is 245 g/mol. The minimum atomic E-state index is -0.209. The third kappa shape index (κ3) is 1.81. The molecule has 1 aromatic heterocycles. The molecule has 0 atom stereocenters. The summed E-state index contributed by atoms with van der Waals surface area (Å²) in [6.45, 7) is 0. The number of aromatic nitrogens is 1. The van der Waals surface area contributed by atoms with Crippen molar-refractivity contribution in [2.24, 2.45) is 0 Å². The van der Waals surface area contributed by atoms with Crippen LogP contribution in [0, 0.1) is 5.82 Å². The third-order valence-corrected chi connectivity index (χ3v) is 3.02. The number of aromatic amines is 1. The van der Waals surface area contributed by atoms with Gasteiger partial charge in [0.1, 0.15) is 5.82 Å². The van der Waals surface area contributed by atoms with Crippen LogP contribution in [0.25, 0.3) is 22.2 Å². The van der Waals surface area contributed by atoms with Crippen LogP contribution in [0.2, 0.25) is 5.02 Å². The molecule has 3 aromatic rings. The zero-order chi connectivity index (χ0) is 11.8. The van der Waals surface area contributed by atoms with E-state index in [4.69, 9.17) is 11.6 Å². The van der Waals surface area contributed by atoms with Gasteiger partial charge in [0, 0.05) is 21.6 Å². The van der Waals surface area contributed by atoms with Crippen LogP contribution in [0.5, 0.6) is 0 Å². The molecule has 0 spiro atoms. The molecule has 0 radical (unpaired) electrons. The van der Waals surface area contributed by atoms with Gasteiger partial charge in [-0.1, -0.05) is 29.8 Å². The summed E-state index contributed by atoms with van der Waals surface area (Å²) in [6, 6.07) is 14.3. The topological polar surface area (TPSA) is 15.8 Å². The Kier molecular flexibility index (Phi) is 2.37. The summed E-state index contributed by atoms with van der Waals surface area (Å²) in [5.41, 5.74) is 2.68. The maximum absolute atomic E-state index is 13.5. The largest absolute Gasteiger partial charge is 0.354 e. The second-order valence-electron chi connectivity index (χ2n) is 3.89. The molecule has 0 amide bonds. The van der Waals surface area contributed by atoms with Crippen molar-refractivity contribution in [3.05, 3.63) is 59.4 Å². The number of hydrogen-bond acceptors (Lipinski definition) is 0. The zero-order valence-corrected chi connectivity index (χ0v) is 9.63. The first kappa shape index (κ1) is 10.4. The Morgan fingerprint density at radius 1 is 1.00 bits per heavy atom. The predicted octanol–water partition coefficient (Wildman–Crippen LogP) is 4.63. The van der Waals surface area contributed by atoms with Crippen LogP contribution in [0.3, 0.4) is 0 Å². The summed E-state index contributed by atoms with van der Waals surface area (Å²) in [6.07, 6.45) is 0. The summed E-state index contributed by atoms with van der Waals surface area (Å²) in [5.74, 6) is -0.209. The molecule has 1 nitrogen and oxygen atoms in total. The Morgan fingerprint density at radius 3 is 2.47 bits per heavy atom. The van der Waals surface area contributed by atoms with Gasteiger partial charge in [0.2, 0.25) is 0 Å². The SMILES string of the molecule is Fc1cccc2[nH]c(-c3ccc(Cl)cc3)cc12. The first-order chi connectivity index (χ1) is 8.24. The van der Waals surface area contributed by atoms with Crippen LogP contribution in [0.15, 0.2) is 48.5 Å². The van der Waals surface area contributed by atoms with E-state index in [2.05, 4.69) is 4.98 Å². The average Bonchev–Trinajstić information content (AvgIpc) is 2.75. The molecule has 2 aromatic carbocycles. The molecule has 0 saturated heterocycles. The van der Waals surface area contributed by atoms with Gasteiger partial charge in [-0.2, -0.15) is 0 Å². The molecule has 0 saturated carbocycles. The highest BCUT2D eigenvalue weighted by molar-refractivity contribution is 6.30. The number of benzene rings is 2. The summed E-state index contributed by atoms with van der Waals surface area (Å²) >= 11 is 5.83. The zero-order valence-electron chi connectivity index (χ0n) is 8.87. The lowest BCUT2D eigenvalue weighted by Crippen LogP contribution is -1.75. The molecule has 0 bridgehead atoms. The fraction of sp³-hybridized carbons (Fsp3) is 0. The molecular formula is C14H9ClFN. The van der Waals surface area contributed by atoms with Gasteiger partial charge in [-0.3, -0.25) is 0 Å². The van der Waals surface area contributed by atoms with E-state index < -0.39 is 0 Å². The van der Waals surface area contributed by atoms with Crippen molar-refractivity contribution in [2.45, 2.75) is 0 Å². The van der Waals surface area contributed by atoms with Gasteiger partial charge in [-0.25, -0.2) is 4.39 Å². The molecule has 0 aliphatic heterocycles. The van der Waals surface area contributed by atoms with Crippen molar-refractivity contribution in [3.63, 3.8) is 0 Å². The quantitative estimate of drug-likeness (QED) is 0.644. The second kappa shape index (κ2) is 3.90. The van der Waals surface area contributed by atoms with Crippen LogP contribution >= 0.6 is 11.6 Å². The number of H-pyrrole nitrogens is 1. The van der Waals surface area contributed by atoms with E-state index in [0.717, 1.165) is 16.8 Å². The second-order valence-corrected chi connectivity index (χ2v) is 4.33.